The molecule has 1 aromatic heterocycles. The molecule has 0 fully saturated rings. The topological polar surface area (TPSA) is 69.6 Å². The van der Waals surface area contributed by atoms with Gasteiger partial charge in [-0.3, -0.25) is 0 Å². The molecule has 1 unspecified atom stereocenters. The minimum Gasteiger partial charge on any atom is -0.396 e. The third-order valence-electron chi connectivity index (χ3n) is 3.19. The first-order valence-electron chi connectivity index (χ1n) is 6.50. The van der Waals surface area contributed by atoms with Gasteiger partial charge in [-0.25, -0.2) is 9.07 Å². The van der Waals surface area contributed by atoms with Gasteiger partial charge in [-0.1, -0.05) is 20.3 Å². The summed E-state index contributed by atoms with van der Waals surface area (Å²) in [6.07, 6.45) is 3.01. The lowest BCUT2D eigenvalue weighted by molar-refractivity contribution is 0.404. The van der Waals surface area contributed by atoms with E-state index in [0.717, 1.165) is 24.8 Å². The van der Waals surface area contributed by atoms with E-state index >= 15 is 0 Å². The molecule has 0 spiro atoms. The van der Waals surface area contributed by atoms with Crippen molar-refractivity contribution in [2.75, 3.05) is 5.73 Å². The highest BCUT2D eigenvalue weighted by Gasteiger charge is 2.17. The van der Waals surface area contributed by atoms with Crippen LogP contribution in [0.4, 0.5) is 10.1 Å². The Kier molecular flexibility index (Phi) is 4.09. The first-order chi connectivity index (χ1) is 9.17. The van der Waals surface area contributed by atoms with Crippen LogP contribution in [0.25, 0.3) is 11.4 Å². The van der Waals surface area contributed by atoms with Crippen LogP contribution < -0.4 is 5.73 Å². The van der Waals surface area contributed by atoms with E-state index in [-0.39, 0.29) is 11.7 Å². The van der Waals surface area contributed by atoms with E-state index in [4.69, 9.17) is 5.73 Å². The highest BCUT2D eigenvalue weighted by atomic mass is 19.1. The van der Waals surface area contributed by atoms with Crippen molar-refractivity contribution >= 4 is 5.69 Å². The Hall–Kier alpha value is -1.98. The van der Waals surface area contributed by atoms with Crippen molar-refractivity contribution in [2.45, 2.75) is 39.2 Å². The van der Waals surface area contributed by atoms with E-state index < -0.39 is 5.82 Å². The van der Waals surface area contributed by atoms with E-state index in [0.29, 0.717) is 5.82 Å². The molecule has 0 saturated carbocycles. The maximum absolute atomic E-state index is 13.2. The summed E-state index contributed by atoms with van der Waals surface area (Å²) in [5, 5.41) is 11.8. The quantitative estimate of drug-likeness (QED) is 0.842. The highest BCUT2D eigenvalue weighted by molar-refractivity contribution is 5.61. The molecular formula is C13H18FN5. The second-order valence-electron chi connectivity index (χ2n) is 4.53. The highest BCUT2D eigenvalue weighted by Crippen LogP contribution is 2.25. The fraction of sp³-hybridized carbons (Fsp3) is 0.462. The van der Waals surface area contributed by atoms with Gasteiger partial charge in [0, 0.05) is 5.56 Å². The van der Waals surface area contributed by atoms with Crippen LogP contribution in [0.1, 0.15) is 39.2 Å². The van der Waals surface area contributed by atoms with E-state index in [1.54, 1.807) is 16.8 Å². The lowest BCUT2D eigenvalue weighted by Gasteiger charge is -2.15. The second kappa shape index (κ2) is 5.77. The van der Waals surface area contributed by atoms with Gasteiger partial charge in [0.05, 0.1) is 11.7 Å². The third-order valence-corrected chi connectivity index (χ3v) is 3.19. The monoisotopic (exact) mass is 263 g/mol. The van der Waals surface area contributed by atoms with Crippen molar-refractivity contribution in [3.63, 3.8) is 0 Å². The van der Waals surface area contributed by atoms with Crippen LogP contribution in [0.2, 0.25) is 0 Å². The maximum Gasteiger partial charge on any atom is 0.182 e. The molecule has 2 rings (SSSR count). The molecule has 0 amide bonds. The third kappa shape index (κ3) is 2.72. The van der Waals surface area contributed by atoms with Gasteiger partial charge in [-0.05, 0) is 41.5 Å². The van der Waals surface area contributed by atoms with Crippen molar-refractivity contribution in [1.82, 2.24) is 20.2 Å². The molecule has 0 aliphatic heterocycles. The van der Waals surface area contributed by atoms with Crippen LogP contribution in [-0.4, -0.2) is 20.2 Å². The largest absolute Gasteiger partial charge is 0.396 e. The number of nitrogens with two attached hydrogens (primary N) is 1. The van der Waals surface area contributed by atoms with Crippen LogP contribution in [0.3, 0.4) is 0 Å². The van der Waals surface area contributed by atoms with Crippen LogP contribution >= 0.6 is 0 Å². The van der Waals surface area contributed by atoms with Crippen LogP contribution in [0.5, 0.6) is 0 Å². The second-order valence-corrected chi connectivity index (χ2v) is 4.53. The average Bonchev–Trinajstić information content (AvgIpc) is 2.88. The number of hydrogen-bond donors (Lipinski definition) is 1. The molecule has 5 nitrogen and oxygen atoms in total. The minimum atomic E-state index is -0.427. The Labute approximate surface area is 111 Å². The van der Waals surface area contributed by atoms with Gasteiger partial charge >= 0.3 is 0 Å². The SMILES string of the molecule is CCCC(CC)n1nnnc1-c1ccc(F)c(N)c1. The standard InChI is InChI=1S/C13H18FN5/c1-3-5-10(4-2)19-13(16-17-18-19)9-6-7-11(14)12(15)8-9/h6-8,10H,3-5,15H2,1-2H3. The number of tetrazole rings is 1. The molecule has 2 aromatic rings. The van der Waals surface area contributed by atoms with Crippen molar-refractivity contribution in [1.29, 1.82) is 0 Å². The van der Waals surface area contributed by atoms with Crippen molar-refractivity contribution in [3.8, 4) is 11.4 Å². The molecule has 1 aromatic carbocycles. The molecule has 0 aliphatic carbocycles. The number of anilines is 1. The maximum atomic E-state index is 13.2. The van der Waals surface area contributed by atoms with E-state index in [1.165, 1.54) is 6.07 Å². The van der Waals surface area contributed by atoms with Crippen molar-refractivity contribution in [3.05, 3.63) is 24.0 Å². The first-order valence-corrected chi connectivity index (χ1v) is 6.50. The van der Waals surface area contributed by atoms with Crippen LogP contribution in [0, 0.1) is 5.82 Å². The van der Waals surface area contributed by atoms with Gasteiger partial charge < -0.3 is 5.73 Å². The summed E-state index contributed by atoms with van der Waals surface area (Å²) in [5.41, 5.74) is 6.43. The summed E-state index contributed by atoms with van der Waals surface area (Å²) in [7, 11) is 0. The molecule has 102 valence electrons. The summed E-state index contributed by atoms with van der Waals surface area (Å²) in [4.78, 5) is 0. The molecule has 6 heteroatoms. The Balaban J connectivity index is 2.40. The van der Waals surface area contributed by atoms with Gasteiger partial charge in [0.15, 0.2) is 5.82 Å². The Morgan fingerprint density at radius 1 is 1.37 bits per heavy atom. The van der Waals surface area contributed by atoms with E-state index in [2.05, 4.69) is 29.4 Å². The Morgan fingerprint density at radius 2 is 2.16 bits per heavy atom. The number of benzene rings is 1. The zero-order valence-electron chi connectivity index (χ0n) is 11.2. The predicted molar refractivity (Wildman–Crippen MR) is 71.9 cm³/mol. The lowest BCUT2D eigenvalue weighted by atomic mass is 10.1. The number of halogens is 1. The molecule has 1 atom stereocenters. The van der Waals surface area contributed by atoms with Gasteiger partial charge in [0.25, 0.3) is 0 Å². The molecule has 19 heavy (non-hydrogen) atoms. The van der Waals surface area contributed by atoms with E-state index in [9.17, 15) is 4.39 Å². The fourth-order valence-electron chi connectivity index (χ4n) is 2.15. The van der Waals surface area contributed by atoms with Crippen LogP contribution in [-0.2, 0) is 0 Å². The van der Waals surface area contributed by atoms with Gasteiger partial charge in [0.2, 0.25) is 0 Å². The van der Waals surface area contributed by atoms with Gasteiger partial charge in [0.1, 0.15) is 5.82 Å². The molecule has 2 N–H and O–H groups in total. The molecular weight excluding hydrogens is 245 g/mol. The normalized spacial score (nSPS) is 12.6. The molecule has 0 bridgehead atoms. The first kappa shape index (κ1) is 13.5. The Morgan fingerprint density at radius 3 is 2.79 bits per heavy atom. The van der Waals surface area contributed by atoms with Gasteiger partial charge in [-0.2, -0.15) is 0 Å². The molecule has 0 saturated heterocycles. The number of rotatable bonds is 5. The summed E-state index contributed by atoms with van der Waals surface area (Å²) >= 11 is 0. The summed E-state index contributed by atoms with van der Waals surface area (Å²) in [5.74, 6) is 0.204. The number of hydrogen-bond acceptors (Lipinski definition) is 4. The summed E-state index contributed by atoms with van der Waals surface area (Å²) in [6, 6.07) is 4.80. The minimum absolute atomic E-state index is 0.107. The summed E-state index contributed by atoms with van der Waals surface area (Å²) < 4.78 is 15.0. The zero-order chi connectivity index (χ0) is 13.8. The van der Waals surface area contributed by atoms with E-state index in [1.807, 2.05) is 0 Å². The smallest absolute Gasteiger partial charge is 0.182 e. The molecule has 0 radical (unpaired) electrons. The van der Waals surface area contributed by atoms with Crippen molar-refractivity contribution in [2.24, 2.45) is 0 Å². The van der Waals surface area contributed by atoms with Crippen LogP contribution in [0.15, 0.2) is 18.2 Å². The Bertz CT molecular complexity index is 552. The predicted octanol–water partition coefficient (Wildman–Crippen LogP) is 2.81. The number of aromatic nitrogens is 4. The molecule has 0 aliphatic rings. The average molecular weight is 263 g/mol. The van der Waals surface area contributed by atoms with Gasteiger partial charge in [-0.15, -0.1) is 5.10 Å². The number of nitrogen functional groups attached to an aromatic ring is 1. The fourth-order valence-corrected chi connectivity index (χ4v) is 2.15. The molecule has 1 heterocycles. The summed E-state index contributed by atoms with van der Waals surface area (Å²) in [6.45, 7) is 4.23. The van der Waals surface area contributed by atoms with Crippen molar-refractivity contribution < 1.29 is 4.39 Å². The lowest BCUT2D eigenvalue weighted by Crippen LogP contribution is -2.11. The zero-order valence-corrected chi connectivity index (χ0v) is 11.2. The number of nitrogens with zero attached hydrogens (tertiary/aromatic N) is 4.